The summed E-state index contributed by atoms with van der Waals surface area (Å²) in [5.41, 5.74) is -0.662. The number of aliphatic hydroxyl groups excluding tert-OH is 1. The molecule has 116 valence electrons. The summed E-state index contributed by atoms with van der Waals surface area (Å²) in [6, 6.07) is 0.439. The largest absolute Gasteiger partial charge is 0.480 e. The monoisotopic (exact) mass is 301 g/mol. The average Bonchev–Trinajstić information content (AvgIpc) is 3.14. The van der Waals surface area contributed by atoms with Crippen molar-refractivity contribution in [2.45, 2.75) is 57.0 Å². The van der Waals surface area contributed by atoms with Gasteiger partial charge in [0, 0.05) is 12.6 Å². The van der Waals surface area contributed by atoms with Crippen LogP contribution in [0.25, 0.3) is 0 Å². The van der Waals surface area contributed by atoms with Gasteiger partial charge in [-0.15, -0.1) is 0 Å². The first-order valence-corrected chi connectivity index (χ1v) is 8.93. The normalized spacial score (nSPS) is 31.4. The van der Waals surface area contributed by atoms with Crippen molar-refractivity contribution in [1.29, 1.82) is 0 Å². The Hall–Kier alpha value is -0.260. The van der Waals surface area contributed by atoms with E-state index in [-0.39, 0.29) is 12.5 Å². The third kappa shape index (κ3) is 3.89. The van der Waals surface area contributed by atoms with Crippen LogP contribution in [0.5, 0.6) is 0 Å². The van der Waals surface area contributed by atoms with Gasteiger partial charge in [0.05, 0.1) is 0 Å². The van der Waals surface area contributed by atoms with Gasteiger partial charge in [-0.3, -0.25) is 10.1 Å². The van der Waals surface area contributed by atoms with Crippen molar-refractivity contribution >= 4 is 17.7 Å². The maximum absolute atomic E-state index is 11.8. The van der Waals surface area contributed by atoms with Crippen LogP contribution >= 0.6 is 11.8 Å². The fourth-order valence-corrected chi connectivity index (χ4v) is 4.28. The highest BCUT2D eigenvalue weighted by Gasteiger charge is 2.50. The van der Waals surface area contributed by atoms with Gasteiger partial charge in [0.25, 0.3) is 0 Å². The first-order chi connectivity index (χ1) is 9.58. The molecule has 4 nitrogen and oxygen atoms in total. The van der Waals surface area contributed by atoms with Crippen LogP contribution < -0.4 is 5.32 Å². The standard InChI is InChI=1S/C15H27NO3S/c1-11(9-17)10-20-8-6-12-3-2-7-15(12,14(18)19)16-13-4-5-13/h11-13,16-17H,2-10H2,1H3,(H,18,19). The number of hydrogen-bond acceptors (Lipinski definition) is 4. The summed E-state index contributed by atoms with van der Waals surface area (Å²) in [4.78, 5) is 11.8. The predicted molar refractivity (Wildman–Crippen MR) is 82.1 cm³/mol. The van der Waals surface area contributed by atoms with Crippen LogP contribution in [0.2, 0.25) is 0 Å². The van der Waals surface area contributed by atoms with Gasteiger partial charge in [-0.05, 0) is 55.4 Å². The van der Waals surface area contributed by atoms with Crippen LogP contribution in [0.3, 0.4) is 0 Å². The van der Waals surface area contributed by atoms with Crippen molar-refractivity contribution < 1.29 is 15.0 Å². The van der Waals surface area contributed by atoms with E-state index in [9.17, 15) is 9.90 Å². The van der Waals surface area contributed by atoms with Crippen molar-refractivity contribution in [1.82, 2.24) is 5.32 Å². The molecule has 0 spiro atoms. The molecule has 5 heteroatoms. The SMILES string of the molecule is CC(CO)CSCCC1CCCC1(NC1CC1)C(=O)O. The molecule has 2 fully saturated rings. The van der Waals surface area contributed by atoms with Gasteiger partial charge in [0.2, 0.25) is 0 Å². The van der Waals surface area contributed by atoms with Crippen molar-refractivity contribution in [3.63, 3.8) is 0 Å². The number of aliphatic hydroxyl groups is 1. The minimum absolute atomic E-state index is 0.235. The highest BCUT2D eigenvalue weighted by atomic mass is 32.2. The van der Waals surface area contributed by atoms with E-state index in [0.29, 0.717) is 12.0 Å². The van der Waals surface area contributed by atoms with Crippen LogP contribution in [0, 0.1) is 11.8 Å². The van der Waals surface area contributed by atoms with E-state index in [1.807, 2.05) is 18.7 Å². The highest BCUT2D eigenvalue weighted by Crippen LogP contribution is 2.41. The molecule has 0 bridgehead atoms. The molecule has 3 N–H and O–H groups in total. The summed E-state index contributed by atoms with van der Waals surface area (Å²) in [5, 5.41) is 22.1. The van der Waals surface area contributed by atoms with E-state index in [1.165, 1.54) is 0 Å². The van der Waals surface area contributed by atoms with Crippen molar-refractivity contribution in [2.75, 3.05) is 18.1 Å². The van der Waals surface area contributed by atoms with Gasteiger partial charge in [-0.25, -0.2) is 0 Å². The van der Waals surface area contributed by atoms with Crippen LogP contribution in [0.1, 0.15) is 45.4 Å². The first kappa shape index (κ1) is 16.1. The molecule has 0 aromatic rings. The third-order valence-electron chi connectivity index (χ3n) is 4.57. The Labute approximate surface area is 125 Å². The molecule has 0 radical (unpaired) electrons. The zero-order valence-corrected chi connectivity index (χ0v) is 13.1. The summed E-state index contributed by atoms with van der Waals surface area (Å²) >= 11 is 1.84. The number of nitrogens with one attached hydrogen (secondary N) is 1. The number of thioether (sulfide) groups is 1. The molecule has 3 atom stereocenters. The fraction of sp³-hybridized carbons (Fsp3) is 0.933. The molecule has 0 saturated heterocycles. The number of carboxylic acids is 1. The summed E-state index contributed by atoms with van der Waals surface area (Å²) in [6.07, 6.45) is 6.06. The lowest BCUT2D eigenvalue weighted by atomic mass is 9.85. The second-order valence-corrected chi connectivity index (χ2v) is 7.59. The van der Waals surface area contributed by atoms with Gasteiger partial charge < -0.3 is 10.2 Å². The lowest BCUT2D eigenvalue weighted by Gasteiger charge is -2.33. The Morgan fingerprint density at radius 3 is 2.80 bits per heavy atom. The van der Waals surface area contributed by atoms with E-state index in [0.717, 1.165) is 50.0 Å². The molecule has 0 heterocycles. The van der Waals surface area contributed by atoms with E-state index < -0.39 is 11.5 Å². The zero-order valence-electron chi connectivity index (χ0n) is 12.3. The Kier molecular flexibility index (Phi) is 5.75. The molecule has 2 aliphatic rings. The van der Waals surface area contributed by atoms with Crippen LogP contribution in [-0.2, 0) is 4.79 Å². The lowest BCUT2D eigenvalue weighted by molar-refractivity contribution is -0.146. The van der Waals surface area contributed by atoms with Crippen LogP contribution in [0.4, 0.5) is 0 Å². The molecule has 0 aromatic carbocycles. The van der Waals surface area contributed by atoms with E-state index in [4.69, 9.17) is 5.11 Å². The molecule has 0 aliphatic heterocycles. The van der Waals surface area contributed by atoms with Gasteiger partial charge >= 0.3 is 5.97 Å². The predicted octanol–water partition coefficient (Wildman–Crippen LogP) is 2.11. The van der Waals surface area contributed by atoms with Crippen LogP contribution in [0.15, 0.2) is 0 Å². The molecular formula is C15H27NO3S. The molecule has 3 unspecified atom stereocenters. The average molecular weight is 301 g/mol. The van der Waals surface area contributed by atoms with Gasteiger partial charge in [-0.1, -0.05) is 13.3 Å². The third-order valence-corrected chi connectivity index (χ3v) is 5.90. The molecule has 2 aliphatic carbocycles. The Balaban J connectivity index is 1.83. The minimum atomic E-state index is -0.662. The Morgan fingerprint density at radius 2 is 2.20 bits per heavy atom. The number of aliphatic carboxylic acids is 1. The second kappa shape index (κ2) is 7.14. The number of hydrogen-bond donors (Lipinski definition) is 3. The van der Waals surface area contributed by atoms with Crippen molar-refractivity contribution in [2.24, 2.45) is 11.8 Å². The number of carboxylic acid groups (broad SMARTS) is 1. The molecule has 2 saturated carbocycles. The molecule has 20 heavy (non-hydrogen) atoms. The minimum Gasteiger partial charge on any atom is -0.480 e. The van der Waals surface area contributed by atoms with Gasteiger partial charge in [0.1, 0.15) is 5.54 Å². The van der Waals surface area contributed by atoms with Crippen molar-refractivity contribution in [3.8, 4) is 0 Å². The molecular weight excluding hydrogens is 274 g/mol. The second-order valence-electron chi connectivity index (χ2n) is 6.44. The Bertz CT molecular complexity index is 335. The fourth-order valence-electron chi connectivity index (χ4n) is 3.16. The summed E-state index contributed by atoms with van der Waals surface area (Å²) in [5.74, 6) is 1.89. The van der Waals surface area contributed by atoms with E-state index >= 15 is 0 Å². The van der Waals surface area contributed by atoms with Crippen LogP contribution in [-0.4, -0.2) is 45.9 Å². The topological polar surface area (TPSA) is 69.6 Å². The van der Waals surface area contributed by atoms with E-state index in [2.05, 4.69) is 5.32 Å². The van der Waals surface area contributed by atoms with E-state index in [1.54, 1.807) is 0 Å². The molecule has 0 amide bonds. The highest BCUT2D eigenvalue weighted by molar-refractivity contribution is 7.99. The molecule has 0 aromatic heterocycles. The Morgan fingerprint density at radius 1 is 1.45 bits per heavy atom. The van der Waals surface area contributed by atoms with Crippen molar-refractivity contribution in [3.05, 3.63) is 0 Å². The number of carbonyl (C=O) groups is 1. The van der Waals surface area contributed by atoms with Gasteiger partial charge in [-0.2, -0.15) is 11.8 Å². The zero-order chi connectivity index (χ0) is 14.6. The summed E-state index contributed by atoms with van der Waals surface area (Å²) < 4.78 is 0. The van der Waals surface area contributed by atoms with Gasteiger partial charge in [0.15, 0.2) is 0 Å². The maximum atomic E-state index is 11.8. The summed E-state index contributed by atoms with van der Waals surface area (Å²) in [6.45, 7) is 2.28. The molecule has 2 rings (SSSR count). The lowest BCUT2D eigenvalue weighted by Crippen LogP contribution is -2.55. The quantitative estimate of drug-likeness (QED) is 0.569. The summed E-state index contributed by atoms with van der Waals surface area (Å²) in [7, 11) is 0. The number of rotatable bonds is 9. The smallest absolute Gasteiger partial charge is 0.324 e. The maximum Gasteiger partial charge on any atom is 0.324 e. The first-order valence-electron chi connectivity index (χ1n) is 7.78.